The third-order valence-electron chi connectivity index (χ3n) is 2.98. The number of aromatic amines is 1. The topological polar surface area (TPSA) is 73.3 Å². The van der Waals surface area contributed by atoms with Gasteiger partial charge in [-0.3, -0.25) is 0 Å². The third-order valence-corrected chi connectivity index (χ3v) is 2.98. The van der Waals surface area contributed by atoms with E-state index in [1.807, 2.05) is 31.2 Å². The molecule has 0 saturated heterocycles. The highest BCUT2D eigenvalue weighted by atomic mass is 16.4. The van der Waals surface area contributed by atoms with E-state index in [2.05, 4.69) is 4.98 Å². The van der Waals surface area contributed by atoms with E-state index in [1.54, 1.807) is 0 Å². The SMILES string of the molecule is Cc1[nH]c2ccccc2c1CCC(O)C(=O)O. The van der Waals surface area contributed by atoms with Gasteiger partial charge in [0, 0.05) is 16.6 Å². The molecule has 0 aliphatic carbocycles. The molecule has 4 heteroatoms. The van der Waals surface area contributed by atoms with Gasteiger partial charge in [0.2, 0.25) is 0 Å². The maximum Gasteiger partial charge on any atom is 0.332 e. The van der Waals surface area contributed by atoms with E-state index >= 15 is 0 Å². The molecule has 0 aliphatic heterocycles. The zero-order valence-electron chi connectivity index (χ0n) is 9.60. The summed E-state index contributed by atoms with van der Waals surface area (Å²) in [5, 5.41) is 19.0. The summed E-state index contributed by atoms with van der Waals surface area (Å²) in [6.07, 6.45) is -0.496. The lowest BCUT2D eigenvalue weighted by Gasteiger charge is -2.05. The number of hydrogen-bond acceptors (Lipinski definition) is 2. The summed E-state index contributed by atoms with van der Waals surface area (Å²) in [5.41, 5.74) is 3.16. The standard InChI is InChI=1S/C13H15NO3/c1-8-9(6-7-12(15)13(16)17)10-4-2-3-5-11(10)14-8/h2-5,12,14-15H,6-7H2,1H3,(H,16,17). The Kier molecular flexibility index (Phi) is 3.15. The lowest BCUT2D eigenvalue weighted by molar-refractivity contribution is -0.146. The van der Waals surface area contributed by atoms with Crippen LogP contribution in [-0.4, -0.2) is 27.3 Å². The monoisotopic (exact) mass is 233 g/mol. The number of fused-ring (bicyclic) bond motifs is 1. The number of carbonyl (C=O) groups is 1. The van der Waals surface area contributed by atoms with Gasteiger partial charge in [0.1, 0.15) is 0 Å². The van der Waals surface area contributed by atoms with E-state index < -0.39 is 12.1 Å². The highest BCUT2D eigenvalue weighted by Crippen LogP contribution is 2.23. The van der Waals surface area contributed by atoms with Gasteiger partial charge in [0.25, 0.3) is 0 Å². The minimum Gasteiger partial charge on any atom is -0.479 e. The van der Waals surface area contributed by atoms with Crippen LogP contribution in [0.2, 0.25) is 0 Å². The molecular formula is C13H15NO3. The number of benzene rings is 1. The molecule has 0 fully saturated rings. The van der Waals surface area contributed by atoms with Gasteiger partial charge < -0.3 is 15.2 Å². The van der Waals surface area contributed by atoms with Crippen LogP contribution in [0.5, 0.6) is 0 Å². The maximum absolute atomic E-state index is 10.5. The van der Waals surface area contributed by atoms with Crippen LogP contribution in [0, 0.1) is 6.92 Å². The van der Waals surface area contributed by atoms with Crippen LogP contribution in [0.25, 0.3) is 10.9 Å². The van der Waals surface area contributed by atoms with Crippen LogP contribution in [0.1, 0.15) is 17.7 Å². The average molecular weight is 233 g/mol. The Morgan fingerprint density at radius 1 is 1.41 bits per heavy atom. The fourth-order valence-electron chi connectivity index (χ4n) is 2.06. The van der Waals surface area contributed by atoms with Crippen molar-refractivity contribution in [1.29, 1.82) is 0 Å². The van der Waals surface area contributed by atoms with E-state index in [9.17, 15) is 9.90 Å². The van der Waals surface area contributed by atoms with Crippen molar-refractivity contribution in [2.24, 2.45) is 0 Å². The van der Waals surface area contributed by atoms with Crippen molar-refractivity contribution in [3.05, 3.63) is 35.5 Å². The van der Waals surface area contributed by atoms with Crippen LogP contribution in [0.15, 0.2) is 24.3 Å². The predicted octanol–water partition coefficient (Wildman–Crippen LogP) is 1.85. The highest BCUT2D eigenvalue weighted by molar-refractivity contribution is 5.84. The Balaban J connectivity index is 2.23. The largest absolute Gasteiger partial charge is 0.479 e. The molecule has 3 N–H and O–H groups in total. The lowest BCUT2D eigenvalue weighted by Crippen LogP contribution is -2.19. The number of aromatic nitrogens is 1. The normalized spacial score (nSPS) is 12.8. The van der Waals surface area contributed by atoms with Crippen LogP contribution in [0.4, 0.5) is 0 Å². The van der Waals surface area contributed by atoms with Crippen molar-refractivity contribution >= 4 is 16.9 Å². The Morgan fingerprint density at radius 2 is 2.12 bits per heavy atom. The molecule has 1 aromatic heterocycles. The fraction of sp³-hybridized carbons (Fsp3) is 0.308. The number of para-hydroxylation sites is 1. The van der Waals surface area contributed by atoms with Gasteiger partial charge in [0.15, 0.2) is 6.10 Å². The van der Waals surface area contributed by atoms with E-state index in [-0.39, 0.29) is 6.42 Å². The molecule has 0 saturated carbocycles. The summed E-state index contributed by atoms with van der Waals surface area (Å²) in [7, 11) is 0. The predicted molar refractivity (Wildman–Crippen MR) is 65.0 cm³/mol. The minimum absolute atomic E-state index is 0.234. The van der Waals surface area contributed by atoms with E-state index in [1.165, 1.54) is 0 Å². The first kappa shape index (κ1) is 11.7. The average Bonchev–Trinajstić information content (AvgIpc) is 2.61. The molecule has 17 heavy (non-hydrogen) atoms. The van der Waals surface area contributed by atoms with Crippen molar-refractivity contribution < 1.29 is 15.0 Å². The number of nitrogens with one attached hydrogen (secondary N) is 1. The summed E-state index contributed by atoms with van der Waals surface area (Å²) < 4.78 is 0. The Bertz CT molecular complexity index is 545. The molecule has 0 aliphatic rings. The zero-order chi connectivity index (χ0) is 12.4. The number of aliphatic hydroxyl groups excluding tert-OH is 1. The molecule has 2 aromatic rings. The van der Waals surface area contributed by atoms with E-state index in [4.69, 9.17) is 5.11 Å². The first-order valence-electron chi connectivity index (χ1n) is 5.56. The minimum atomic E-state index is -1.29. The number of rotatable bonds is 4. The van der Waals surface area contributed by atoms with Gasteiger partial charge in [-0.05, 0) is 31.4 Å². The molecule has 0 radical (unpaired) electrons. The summed E-state index contributed by atoms with van der Waals surface area (Å²) in [6, 6.07) is 7.89. The molecule has 90 valence electrons. The Morgan fingerprint density at radius 3 is 2.82 bits per heavy atom. The zero-order valence-corrected chi connectivity index (χ0v) is 9.60. The molecule has 0 amide bonds. The first-order chi connectivity index (χ1) is 8.09. The van der Waals surface area contributed by atoms with E-state index in [0.29, 0.717) is 6.42 Å². The fourth-order valence-corrected chi connectivity index (χ4v) is 2.06. The molecule has 1 aromatic carbocycles. The second kappa shape index (κ2) is 4.59. The summed E-state index contributed by atoms with van der Waals surface area (Å²) in [6.45, 7) is 1.96. The second-order valence-electron chi connectivity index (χ2n) is 4.17. The van der Waals surface area contributed by atoms with Gasteiger partial charge in [-0.1, -0.05) is 18.2 Å². The number of aliphatic hydroxyl groups is 1. The maximum atomic E-state index is 10.5. The van der Waals surface area contributed by atoms with Gasteiger partial charge in [0.05, 0.1) is 0 Å². The number of aryl methyl sites for hydroxylation is 2. The molecule has 1 unspecified atom stereocenters. The quantitative estimate of drug-likeness (QED) is 0.754. The van der Waals surface area contributed by atoms with Crippen LogP contribution in [0.3, 0.4) is 0 Å². The molecule has 0 spiro atoms. The number of carboxylic acid groups (broad SMARTS) is 1. The molecule has 2 rings (SSSR count). The molecule has 1 heterocycles. The summed E-state index contributed by atoms with van der Waals surface area (Å²) >= 11 is 0. The van der Waals surface area contributed by atoms with E-state index in [0.717, 1.165) is 22.2 Å². The molecule has 0 bridgehead atoms. The van der Waals surface area contributed by atoms with Gasteiger partial charge in [-0.15, -0.1) is 0 Å². The summed E-state index contributed by atoms with van der Waals surface area (Å²) in [5.74, 6) is -1.16. The van der Waals surface area contributed by atoms with Crippen LogP contribution < -0.4 is 0 Å². The van der Waals surface area contributed by atoms with Gasteiger partial charge in [-0.25, -0.2) is 4.79 Å². The van der Waals surface area contributed by atoms with Crippen molar-refractivity contribution in [2.75, 3.05) is 0 Å². The number of H-pyrrole nitrogens is 1. The number of hydrogen-bond donors (Lipinski definition) is 3. The number of carboxylic acids is 1. The molecule has 1 atom stereocenters. The van der Waals surface area contributed by atoms with Gasteiger partial charge in [-0.2, -0.15) is 0 Å². The Labute approximate surface area is 98.9 Å². The molecular weight excluding hydrogens is 218 g/mol. The smallest absolute Gasteiger partial charge is 0.332 e. The van der Waals surface area contributed by atoms with Gasteiger partial charge >= 0.3 is 5.97 Å². The van der Waals surface area contributed by atoms with Crippen molar-refractivity contribution in [1.82, 2.24) is 4.98 Å². The highest BCUT2D eigenvalue weighted by Gasteiger charge is 2.15. The molecule has 4 nitrogen and oxygen atoms in total. The van der Waals surface area contributed by atoms with Crippen molar-refractivity contribution in [3.63, 3.8) is 0 Å². The second-order valence-corrected chi connectivity index (χ2v) is 4.17. The van der Waals surface area contributed by atoms with Crippen LogP contribution in [-0.2, 0) is 11.2 Å². The first-order valence-corrected chi connectivity index (χ1v) is 5.56. The third kappa shape index (κ3) is 2.31. The summed E-state index contributed by atoms with van der Waals surface area (Å²) in [4.78, 5) is 13.8. The Hall–Kier alpha value is -1.81. The number of aliphatic carboxylic acids is 1. The van der Waals surface area contributed by atoms with Crippen molar-refractivity contribution in [2.45, 2.75) is 25.9 Å². The van der Waals surface area contributed by atoms with Crippen LogP contribution >= 0.6 is 0 Å². The van der Waals surface area contributed by atoms with Crippen molar-refractivity contribution in [3.8, 4) is 0 Å². The lowest BCUT2D eigenvalue weighted by atomic mass is 10.0.